The Hall–Kier alpha value is -0.957. The maximum atomic E-state index is 8.24. The molecule has 0 aliphatic heterocycles. The zero-order valence-electron chi connectivity index (χ0n) is 8.14. The van der Waals surface area contributed by atoms with Crippen molar-refractivity contribution in [2.45, 2.75) is 13.3 Å². The first-order chi connectivity index (χ1) is 6.35. The van der Waals surface area contributed by atoms with Gasteiger partial charge in [0.05, 0.1) is 6.61 Å². The fourth-order valence-electron chi connectivity index (χ4n) is 0.639. The van der Waals surface area contributed by atoms with Gasteiger partial charge in [-0.2, -0.15) is 0 Å². The van der Waals surface area contributed by atoms with Crippen LogP contribution in [0, 0.1) is 0 Å². The summed E-state index contributed by atoms with van der Waals surface area (Å²) in [6.45, 7) is 3.32. The second kappa shape index (κ2) is 12.0. The van der Waals surface area contributed by atoms with E-state index in [2.05, 4.69) is 11.9 Å². The van der Waals surface area contributed by atoms with Gasteiger partial charge in [-0.3, -0.25) is 0 Å². The zero-order valence-corrected chi connectivity index (χ0v) is 11.1. The van der Waals surface area contributed by atoms with E-state index >= 15 is 0 Å². The van der Waals surface area contributed by atoms with E-state index in [1.165, 1.54) is 0 Å². The summed E-state index contributed by atoms with van der Waals surface area (Å²) in [6, 6.07) is 5.65. The third-order valence-corrected chi connectivity index (χ3v) is 1.09. The van der Waals surface area contributed by atoms with Crippen LogP contribution in [0.3, 0.4) is 0 Å². The standard InChI is InChI=1S/C8H11NO.CHO2.Zn/c1-2-7-10-8-5-3-4-6-9-8;2-1-3;/h3-6H,2,7H2,1H3;(H,2,3);/q;-1;. The van der Waals surface area contributed by atoms with Crippen molar-refractivity contribution in [3.8, 4) is 5.88 Å². The molecule has 1 aromatic heterocycles. The fraction of sp³-hybridized carbons (Fsp3) is 0.333. The third-order valence-electron chi connectivity index (χ3n) is 1.09. The van der Waals surface area contributed by atoms with Crippen molar-refractivity contribution >= 4 is 6.47 Å². The van der Waals surface area contributed by atoms with E-state index in [4.69, 9.17) is 14.6 Å². The van der Waals surface area contributed by atoms with Crippen LogP contribution >= 0.6 is 0 Å². The van der Waals surface area contributed by atoms with Crippen LogP contribution in [0.1, 0.15) is 13.3 Å². The molecular formula is C9H12NO3Zn-. The van der Waals surface area contributed by atoms with Crippen LogP contribution in [0.25, 0.3) is 0 Å². The summed E-state index contributed by atoms with van der Waals surface area (Å²) in [5.41, 5.74) is 0. The van der Waals surface area contributed by atoms with Crippen LogP contribution in [-0.4, -0.2) is 23.2 Å². The second-order valence-corrected chi connectivity index (χ2v) is 2.11. The molecule has 4 nitrogen and oxygen atoms in total. The smallest absolute Gasteiger partial charge is 0.213 e. The summed E-state index contributed by atoms with van der Waals surface area (Å²) in [5, 5.41) is 6.76. The van der Waals surface area contributed by atoms with Crippen LogP contribution in [0.5, 0.6) is 5.88 Å². The molecule has 74 valence electrons. The van der Waals surface area contributed by atoms with Crippen molar-refractivity contribution in [1.82, 2.24) is 4.98 Å². The van der Waals surface area contributed by atoms with E-state index in [0.717, 1.165) is 13.0 Å². The first-order valence-electron chi connectivity index (χ1n) is 3.90. The zero-order chi connectivity index (χ0) is 9.94. The predicted molar refractivity (Wildman–Crippen MR) is 48.3 cm³/mol. The van der Waals surface area contributed by atoms with Gasteiger partial charge in [-0.1, -0.05) is 19.5 Å². The Bertz CT molecular complexity index is 219. The van der Waals surface area contributed by atoms with Crippen LogP contribution in [0.15, 0.2) is 24.4 Å². The average Bonchev–Trinajstić information content (AvgIpc) is 2.18. The topological polar surface area (TPSA) is 59.4 Å². The van der Waals surface area contributed by atoms with Gasteiger partial charge in [0.15, 0.2) is 0 Å². The Labute approximate surface area is 96.1 Å². The molecule has 5 heteroatoms. The SMILES string of the molecule is CCCOc1ccccn1.O=[C-]O.[Zn]. The van der Waals surface area contributed by atoms with Gasteiger partial charge in [-0.15, -0.1) is 0 Å². The summed E-state index contributed by atoms with van der Waals surface area (Å²) < 4.78 is 5.24. The normalized spacial score (nSPS) is 7.50. The summed E-state index contributed by atoms with van der Waals surface area (Å²) in [6.07, 6.45) is 2.75. The van der Waals surface area contributed by atoms with Crippen molar-refractivity contribution in [2.75, 3.05) is 6.61 Å². The van der Waals surface area contributed by atoms with Crippen LogP contribution in [0.4, 0.5) is 0 Å². The van der Waals surface area contributed by atoms with Crippen LogP contribution in [-0.2, 0) is 24.3 Å². The van der Waals surface area contributed by atoms with Gasteiger partial charge >= 0.3 is 0 Å². The fourth-order valence-corrected chi connectivity index (χ4v) is 0.639. The molecule has 0 amide bonds. The predicted octanol–water partition coefficient (Wildman–Crippen LogP) is 1.48. The molecule has 0 radical (unpaired) electrons. The first-order valence-corrected chi connectivity index (χ1v) is 3.90. The van der Waals surface area contributed by atoms with Crippen molar-refractivity contribution in [3.05, 3.63) is 24.4 Å². The van der Waals surface area contributed by atoms with Gasteiger partial charge in [0.2, 0.25) is 5.88 Å². The van der Waals surface area contributed by atoms with Crippen LogP contribution < -0.4 is 4.74 Å². The van der Waals surface area contributed by atoms with Gasteiger partial charge < -0.3 is 14.6 Å². The Morgan fingerprint density at radius 1 is 1.57 bits per heavy atom. The number of ether oxygens (including phenoxy) is 1. The second-order valence-electron chi connectivity index (χ2n) is 2.11. The monoisotopic (exact) mass is 246 g/mol. The molecule has 0 unspecified atom stereocenters. The number of hydrogen-bond donors (Lipinski definition) is 1. The van der Waals surface area contributed by atoms with Gasteiger partial charge in [-0.05, 0) is 12.5 Å². The molecule has 0 atom stereocenters. The van der Waals surface area contributed by atoms with Gasteiger partial charge in [0.1, 0.15) is 0 Å². The Morgan fingerprint density at radius 3 is 2.64 bits per heavy atom. The Kier molecular flexibility index (Phi) is 13.3. The molecule has 14 heavy (non-hydrogen) atoms. The number of nitrogens with zero attached hydrogens (tertiary/aromatic N) is 1. The maximum Gasteiger partial charge on any atom is 0.213 e. The number of pyridine rings is 1. The van der Waals surface area contributed by atoms with Gasteiger partial charge in [0.25, 0.3) is 0 Å². The van der Waals surface area contributed by atoms with Crippen molar-refractivity contribution in [1.29, 1.82) is 0 Å². The van der Waals surface area contributed by atoms with E-state index in [9.17, 15) is 0 Å². The van der Waals surface area contributed by atoms with E-state index in [1.54, 1.807) is 6.20 Å². The minimum Gasteiger partial charge on any atom is -0.665 e. The third kappa shape index (κ3) is 9.13. The maximum absolute atomic E-state index is 8.24. The number of aromatic nitrogens is 1. The molecular weight excluding hydrogens is 235 g/mol. The number of aliphatic hydroxyl groups excluding tert-OH is 1. The minimum absolute atomic E-state index is 0. The summed E-state index contributed by atoms with van der Waals surface area (Å²) >= 11 is 0. The summed E-state index contributed by atoms with van der Waals surface area (Å²) in [5.74, 6) is 0.712. The molecule has 1 aromatic rings. The average molecular weight is 248 g/mol. The molecule has 0 saturated carbocycles. The Morgan fingerprint density at radius 2 is 2.21 bits per heavy atom. The largest absolute Gasteiger partial charge is 0.665 e. The first kappa shape index (κ1) is 15.5. The number of hydrogen-bond acceptors (Lipinski definition) is 3. The minimum atomic E-state index is 0. The van der Waals surface area contributed by atoms with E-state index < -0.39 is 0 Å². The molecule has 0 aromatic carbocycles. The molecule has 0 spiro atoms. The van der Waals surface area contributed by atoms with Gasteiger partial charge in [0, 0.05) is 31.7 Å². The molecule has 1 N–H and O–H groups in total. The molecule has 0 fully saturated rings. The van der Waals surface area contributed by atoms with Crippen molar-refractivity contribution in [2.24, 2.45) is 0 Å². The summed E-state index contributed by atoms with van der Waals surface area (Å²) in [7, 11) is 0. The van der Waals surface area contributed by atoms with E-state index in [-0.39, 0.29) is 19.5 Å². The van der Waals surface area contributed by atoms with Crippen molar-refractivity contribution < 1.29 is 34.1 Å². The molecule has 1 heterocycles. The number of rotatable bonds is 3. The van der Waals surface area contributed by atoms with E-state index in [0.29, 0.717) is 12.4 Å². The molecule has 0 saturated heterocycles. The van der Waals surface area contributed by atoms with Crippen molar-refractivity contribution in [3.63, 3.8) is 0 Å². The molecule has 0 aliphatic carbocycles. The molecule has 0 bridgehead atoms. The summed E-state index contributed by atoms with van der Waals surface area (Å²) in [4.78, 5) is 12.2. The van der Waals surface area contributed by atoms with E-state index in [1.807, 2.05) is 18.2 Å². The molecule has 1 rings (SSSR count). The Balaban J connectivity index is 0. The van der Waals surface area contributed by atoms with Crippen LogP contribution in [0.2, 0.25) is 0 Å². The van der Waals surface area contributed by atoms with Gasteiger partial charge in [-0.25, -0.2) is 4.98 Å². The quantitative estimate of drug-likeness (QED) is 0.649. The molecule has 0 aliphatic rings.